The minimum absolute atomic E-state index is 0.308. The van der Waals surface area contributed by atoms with Gasteiger partial charge in [-0.3, -0.25) is 0 Å². The molecule has 0 N–H and O–H groups in total. The third kappa shape index (κ3) is 3.83. The summed E-state index contributed by atoms with van der Waals surface area (Å²) >= 11 is 6.49. The smallest absolute Gasteiger partial charge is 0.407 e. The summed E-state index contributed by atoms with van der Waals surface area (Å²) in [5.74, 6) is 0.686. The molecule has 3 heterocycles. The van der Waals surface area contributed by atoms with Crippen LogP contribution in [0.3, 0.4) is 0 Å². The minimum atomic E-state index is -2.99. The number of alkyl halides is 2. The van der Waals surface area contributed by atoms with Crippen molar-refractivity contribution in [1.29, 1.82) is 0 Å². The first kappa shape index (κ1) is 22.2. The quantitative estimate of drug-likeness (QED) is 0.377. The molecule has 32 heavy (non-hydrogen) atoms. The van der Waals surface area contributed by atoms with Gasteiger partial charge in [0.2, 0.25) is 5.95 Å². The third-order valence-electron chi connectivity index (χ3n) is 5.38. The van der Waals surface area contributed by atoms with E-state index in [9.17, 15) is 8.78 Å². The summed E-state index contributed by atoms with van der Waals surface area (Å²) in [6.07, 6.45) is 1.24. The van der Waals surface area contributed by atoms with Crippen LogP contribution in [0.5, 0.6) is 6.01 Å². The molecule has 1 aromatic carbocycles. The average Bonchev–Trinajstić information content (AvgIpc) is 3.16. The fourth-order valence-electron chi connectivity index (χ4n) is 4.11. The van der Waals surface area contributed by atoms with E-state index in [0.717, 1.165) is 35.6 Å². The van der Waals surface area contributed by atoms with E-state index in [1.165, 1.54) is 7.11 Å². The van der Waals surface area contributed by atoms with Gasteiger partial charge in [0, 0.05) is 18.7 Å². The number of ether oxygens (including phenoxy) is 1. The molecular weight excluding hydrogens is 442 g/mol. The molecule has 1 aliphatic rings. The van der Waals surface area contributed by atoms with E-state index >= 15 is 0 Å². The highest BCUT2D eigenvalue weighted by Crippen LogP contribution is 2.38. The van der Waals surface area contributed by atoms with Gasteiger partial charge >= 0.3 is 12.6 Å². The van der Waals surface area contributed by atoms with Crippen LogP contribution in [0.1, 0.15) is 36.7 Å². The van der Waals surface area contributed by atoms with E-state index in [0.29, 0.717) is 46.7 Å². The molecule has 3 aromatic rings. The van der Waals surface area contributed by atoms with Gasteiger partial charge in [-0.1, -0.05) is 23.7 Å². The van der Waals surface area contributed by atoms with E-state index in [4.69, 9.17) is 21.3 Å². The number of methoxy groups -OCH3 is 1. The van der Waals surface area contributed by atoms with Crippen LogP contribution in [0, 0.1) is 13.8 Å². The second-order valence-corrected chi connectivity index (χ2v) is 7.76. The summed E-state index contributed by atoms with van der Waals surface area (Å²) in [6, 6.07) is 3.77. The number of aryl methyl sites for hydroxylation is 3. The zero-order chi connectivity index (χ0) is 23.0. The molecule has 170 valence electrons. The Hall–Kier alpha value is -3.01. The molecule has 0 aliphatic carbocycles. The highest BCUT2D eigenvalue weighted by Gasteiger charge is 2.29. The fraction of sp³-hybridized carbons (Fsp3) is 0.429. The van der Waals surface area contributed by atoms with E-state index in [1.807, 2.05) is 25.3 Å². The minimum Gasteiger partial charge on any atom is -0.467 e. The zero-order valence-corrected chi connectivity index (χ0v) is 19.0. The fourth-order valence-corrected chi connectivity index (χ4v) is 4.31. The number of anilines is 2. The molecule has 0 radical (unpaired) electrons. The van der Waals surface area contributed by atoms with Crippen LogP contribution < -0.4 is 9.64 Å². The molecule has 0 atom stereocenters. The normalized spacial score (nSPS) is 14.2. The first-order valence-corrected chi connectivity index (χ1v) is 10.6. The molecule has 0 fully saturated rings. The second kappa shape index (κ2) is 8.85. The molecule has 0 bridgehead atoms. The number of aromatic nitrogens is 4. The Morgan fingerprint density at radius 3 is 2.53 bits per heavy atom. The van der Waals surface area contributed by atoms with Crippen molar-refractivity contribution in [3.63, 3.8) is 0 Å². The van der Waals surface area contributed by atoms with Gasteiger partial charge in [-0.15, -0.1) is 0 Å². The monoisotopic (exact) mass is 464 g/mol. The number of hydrogen-bond donors (Lipinski definition) is 0. The van der Waals surface area contributed by atoms with Gasteiger partial charge in [0.1, 0.15) is 5.52 Å². The van der Waals surface area contributed by atoms with Gasteiger partial charge in [0.15, 0.2) is 0 Å². The Balaban J connectivity index is 1.92. The van der Waals surface area contributed by atoms with Crippen LogP contribution >= 0.6 is 11.6 Å². The summed E-state index contributed by atoms with van der Waals surface area (Å²) in [6.45, 7) is 4.05. The van der Waals surface area contributed by atoms with Crippen LogP contribution in [-0.2, 0) is 11.4 Å². The third-order valence-corrected chi connectivity index (χ3v) is 5.69. The summed E-state index contributed by atoms with van der Waals surface area (Å²) in [5.41, 5.74) is 4.75. The number of halogens is 3. The number of fused-ring (bicyclic) bond motifs is 3. The number of imidazole rings is 1. The van der Waals surface area contributed by atoms with Crippen LogP contribution in [-0.4, -0.2) is 45.5 Å². The lowest BCUT2D eigenvalue weighted by Crippen LogP contribution is -2.30. The predicted octanol–water partition coefficient (Wildman–Crippen LogP) is 5.00. The molecule has 11 heteroatoms. The molecule has 0 spiro atoms. The van der Waals surface area contributed by atoms with Crippen molar-refractivity contribution in [3.05, 3.63) is 34.1 Å². The number of nitrogens with zero attached hydrogens (tertiary/aromatic N) is 6. The standard InChI is InChI=1S/C21H23ClF2N6O2/c1-5-15(28-32-19(23)24)13-7-8-14(22)16-18(13)30-10-6-9-29(21(30)27-16)17-11(2)25-20(31-4)26-12(17)3/h7-8,19H,5-6,9-10H2,1-4H3. The van der Waals surface area contributed by atoms with Crippen molar-refractivity contribution in [1.82, 2.24) is 19.5 Å². The number of oxime groups is 1. The van der Waals surface area contributed by atoms with Crippen LogP contribution in [0.2, 0.25) is 5.02 Å². The zero-order valence-electron chi connectivity index (χ0n) is 18.2. The van der Waals surface area contributed by atoms with Gasteiger partial charge in [-0.25, -0.2) is 4.98 Å². The van der Waals surface area contributed by atoms with Gasteiger partial charge in [0.25, 0.3) is 0 Å². The predicted molar refractivity (Wildman–Crippen MR) is 118 cm³/mol. The SMILES string of the molecule is CCC(=NOC(F)F)c1ccc(Cl)c2nc3n(c12)CCCN3c1c(C)nc(OC)nc1C. The molecule has 0 saturated carbocycles. The van der Waals surface area contributed by atoms with Gasteiger partial charge in [-0.05, 0) is 38.8 Å². The lowest BCUT2D eigenvalue weighted by atomic mass is 10.1. The Morgan fingerprint density at radius 2 is 1.91 bits per heavy atom. The van der Waals surface area contributed by atoms with Crippen molar-refractivity contribution in [2.24, 2.45) is 5.16 Å². The van der Waals surface area contributed by atoms with Crippen molar-refractivity contribution in [2.75, 3.05) is 18.6 Å². The Kier molecular flexibility index (Phi) is 6.14. The number of rotatable bonds is 6. The average molecular weight is 465 g/mol. The Morgan fingerprint density at radius 1 is 1.19 bits per heavy atom. The number of hydrogen-bond acceptors (Lipinski definition) is 7. The first-order chi connectivity index (χ1) is 15.3. The maximum absolute atomic E-state index is 12.6. The van der Waals surface area contributed by atoms with Crippen molar-refractivity contribution in [2.45, 2.75) is 46.8 Å². The molecule has 0 saturated heterocycles. The molecule has 0 amide bonds. The topological polar surface area (TPSA) is 77.7 Å². The van der Waals surface area contributed by atoms with Gasteiger partial charge in [-0.2, -0.15) is 18.7 Å². The Labute approximate surface area is 188 Å². The van der Waals surface area contributed by atoms with E-state index < -0.39 is 6.61 Å². The van der Waals surface area contributed by atoms with Crippen LogP contribution in [0.4, 0.5) is 20.4 Å². The van der Waals surface area contributed by atoms with Gasteiger partial charge in [0.05, 0.1) is 40.4 Å². The van der Waals surface area contributed by atoms with Gasteiger partial charge < -0.3 is 19.0 Å². The highest BCUT2D eigenvalue weighted by atomic mass is 35.5. The van der Waals surface area contributed by atoms with E-state index in [2.05, 4.69) is 24.9 Å². The largest absolute Gasteiger partial charge is 0.467 e. The van der Waals surface area contributed by atoms with Crippen LogP contribution in [0.25, 0.3) is 11.0 Å². The molecule has 4 rings (SSSR count). The molecule has 8 nitrogen and oxygen atoms in total. The van der Waals surface area contributed by atoms with Crippen molar-refractivity contribution in [3.8, 4) is 6.01 Å². The molecule has 0 unspecified atom stereocenters. The summed E-state index contributed by atoms with van der Waals surface area (Å²) in [7, 11) is 1.53. The summed E-state index contributed by atoms with van der Waals surface area (Å²) in [4.78, 5) is 20.0. The first-order valence-electron chi connectivity index (χ1n) is 10.2. The van der Waals surface area contributed by atoms with Crippen molar-refractivity contribution < 1.29 is 18.4 Å². The van der Waals surface area contributed by atoms with E-state index in [1.54, 1.807) is 12.1 Å². The second-order valence-electron chi connectivity index (χ2n) is 7.35. The maximum atomic E-state index is 12.6. The molecule has 2 aromatic heterocycles. The molecular formula is C21H23ClF2N6O2. The number of benzene rings is 1. The van der Waals surface area contributed by atoms with E-state index in [-0.39, 0.29) is 0 Å². The van der Waals surface area contributed by atoms with Crippen molar-refractivity contribution >= 4 is 40.0 Å². The highest BCUT2D eigenvalue weighted by molar-refractivity contribution is 6.35. The summed E-state index contributed by atoms with van der Waals surface area (Å²) < 4.78 is 32.5. The maximum Gasteiger partial charge on any atom is 0.407 e. The molecule has 1 aliphatic heterocycles. The van der Waals surface area contributed by atoms with Crippen LogP contribution in [0.15, 0.2) is 17.3 Å². The summed E-state index contributed by atoms with van der Waals surface area (Å²) in [5, 5.41) is 4.15. The lowest BCUT2D eigenvalue weighted by molar-refractivity contribution is -0.128. The Bertz CT molecular complexity index is 1170. The lowest BCUT2D eigenvalue weighted by Gasteiger charge is -2.31.